The molecule has 0 bridgehead atoms. The van der Waals surface area contributed by atoms with Crippen molar-refractivity contribution in [3.05, 3.63) is 113 Å². The fraction of sp³-hybridized carbons (Fsp3) is 0.243. The lowest BCUT2D eigenvalue weighted by Crippen LogP contribution is -2.36. The van der Waals surface area contributed by atoms with E-state index in [1.807, 2.05) is 36.4 Å². The number of fused-ring (bicyclic) bond motifs is 2. The van der Waals surface area contributed by atoms with Crippen molar-refractivity contribution < 1.29 is 14.0 Å². The second kappa shape index (κ2) is 18.3. The smallest absolute Gasteiger partial charge is 0.339 e. The Hall–Kier alpha value is -3.73. The summed E-state index contributed by atoms with van der Waals surface area (Å²) in [6.45, 7) is 6.81. The summed E-state index contributed by atoms with van der Waals surface area (Å²) < 4.78 is 20.3. The van der Waals surface area contributed by atoms with Crippen molar-refractivity contribution in [3.8, 4) is 22.5 Å². The van der Waals surface area contributed by atoms with Gasteiger partial charge in [-0.3, -0.25) is 19.3 Å². The Balaban J connectivity index is 0.000000175. The first kappa shape index (κ1) is 39.5. The summed E-state index contributed by atoms with van der Waals surface area (Å²) in [5, 5.41) is -1.24. The van der Waals surface area contributed by atoms with E-state index in [9.17, 15) is 9.36 Å². The van der Waals surface area contributed by atoms with Crippen LogP contribution in [-0.4, -0.2) is 72.5 Å². The summed E-state index contributed by atoms with van der Waals surface area (Å²) in [4.78, 5) is 32.9. The first-order valence-electron chi connectivity index (χ1n) is 16.1. The van der Waals surface area contributed by atoms with Gasteiger partial charge >= 0.3 is 5.20 Å². The van der Waals surface area contributed by atoms with Crippen molar-refractivity contribution >= 4 is 83.7 Å². The number of hydrogen-bond acceptors (Lipinski definition) is 9. The first-order valence-corrected chi connectivity index (χ1v) is 20.9. The number of nitrogens with one attached hydrogen (secondary N) is 1. The zero-order chi connectivity index (χ0) is 35.8. The maximum absolute atomic E-state index is 12.2. The summed E-state index contributed by atoms with van der Waals surface area (Å²) in [5.41, 5.74) is 7.50. The highest BCUT2D eigenvalue weighted by Gasteiger charge is 2.13. The van der Waals surface area contributed by atoms with E-state index in [0.29, 0.717) is 16.1 Å². The van der Waals surface area contributed by atoms with Gasteiger partial charge in [-0.1, -0.05) is 43.3 Å². The van der Waals surface area contributed by atoms with E-state index in [4.69, 9.17) is 21.1 Å². The van der Waals surface area contributed by atoms with Crippen LogP contribution >= 0.6 is 50.5 Å². The third-order valence-electron chi connectivity index (χ3n) is 8.26. The van der Waals surface area contributed by atoms with E-state index < -0.39 is 5.20 Å². The lowest BCUT2D eigenvalue weighted by molar-refractivity contribution is 0.122. The molecule has 6 aromatic rings. The topological polar surface area (TPSA) is 114 Å². The van der Waals surface area contributed by atoms with Crippen LogP contribution in [0, 0.1) is 0 Å². The molecule has 0 aliphatic carbocycles. The fourth-order valence-electron chi connectivity index (χ4n) is 5.76. The molecule has 0 spiro atoms. The molecule has 0 atom stereocenters. The maximum Gasteiger partial charge on any atom is 0.339 e. The molecule has 272 valence electrons. The van der Waals surface area contributed by atoms with Gasteiger partial charge in [0.15, 0.2) is 0 Å². The number of H-pyrrole nitrogens is 1. The minimum absolute atomic E-state index is 0. The number of nitrogens with zero attached hydrogens (tertiary/aromatic N) is 5. The van der Waals surface area contributed by atoms with Crippen LogP contribution in [0.4, 0.5) is 11.4 Å². The molecular formula is C37H37Cl4N6O4P. The number of pyridine rings is 4. The van der Waals surface area contributed by atoms with Crippen LogP contribution in [0.2, 0.25) is 5.15 Å². The SMILES string of the molecule is C.Clc1nc(-c2ccc(N3CCOCC3)cc2)cc2ncccc12.O=P(Cl)(Cl)Cl.O=c1[nH]c(-c2ccc(N3CCOCC3)cc2)cc2ncccc12. The number of rotatable bonds is 4. The third-order valence-corrected chi connectivity index (χ3v) is 8.55. The van der Waals surface area contributed by atoms with E-state index in [1.54, 1.807) is 24.5 Å². The number of anilines is 2. The van der Waals surface area contributed by atoms with Crippen molar-refractivity contribution in [1.82, 2.24) is 19.9 Å². The Kier molecular flexibility index (Phi) is 13.9. The van der Waals surface area contributed by atoms with Crippen molar-refractivity contribution in [2.45, 2.75) is 7.43 Å². The molecule has 2 aliphatic rings. The zero-order valence-electron chi connectivity index (χ0n) is 27.2. The Morgan fingerprint density at radius 3 is 1.65 bits per heavy atom. The molecule has 2 aliphatic heterocycles. The van der Waals surface area contributed by atoms with Crippen molar-refractivity contribution in [2.75, 3.05) is 62.4 Å². The molecule has 0 saturated carbocycles. The predicted octanol–water partition coefficient (Wildman–Crippen LogP) is 9.66. The van der Waals surface area contributed by atoms with Crippen LogP contribution in [-0.2, 0) is 14.0 Å². The minimum Gasteiger partial charge on any atom is -0.378 e. The van der Waals surface area contributed by atoms with Crippen LogP contribution in [0.5, 0.6) is 0 Å². The molecule has 0 unspecified atom stereocenters. The normalized spacial score (nSPS) is 14.5. The van der Waals surface area contributed by atoms with Gasteiger partial charge in [-0.05, 0) is 99.9 Å². The van der Waals surface area contributed by atoms with Gasteiger partial charge in [-0.25, -0.2) is 4.98 Å². The molecule has 52 heavy (non-hydrogen) atoms. The van der Waals surface area contributed by atoms with Gasteiger partial charge in [0.1, 0.15) is 5.15 Å². The number of halogens is 4. The zero-order valence-corrected chi connectivity index (χ0v) is 31.1. The van der Waals surface area contributed by atoms with Crippen LogP contribution in [0.25, 0.3) is 44.3 Å². The number of benzene rings is 2. The monoisotopic (exact) mass is 800 g/mol. The summed E-state index contributed by atoms with van der Waals surface area (Å²) in [6, 6.07) is 27.9. The molecule has 15 heteroatoms. The van der Waals surface area contributed by atoms with Gasteiger partial charge in [-0.15, -0.1) is 0 Å². The van der Waals surface area contributed by atoms with Gasteiger partial charge < -0.3 is 24.3 Å². The highest BCUT2D eigenvalue weighted by molar-refractivity contribution is 8.24. The molecule has 2 saturated heterocycles. The van der Waals surface area contributed by atoms with Crippen LogP contribution in [0.15, 0.2) is 102 Å². The van der Waals surface area contributed by atoms with Gasteiger partial charge in [-0.2, -0.15) is 0 Å². The molecule has 10 nitrogen and oxygen atoms in total. The summed E-state index contributed by atoms with van der Waals surface area (Å²) >= 11 is 20.1. The predicted molar refractivity (Wildman–Crippen MR) is 216 cm³/mol. The van der Waals surface area contributed by atoms with E-state index >= 15 is 0 Å². The standard InChI is InChI=1S/C18H16ClN3O.C18H17N3O2.CH4.Cl3OP/c19-18-15-2-1-7-20-17(15)12-16(21-18)13-3-5-14(6-4-13)22-8-10-23-11-9-22;22-18-15-2-1-7-19-17(15)12-16(20-18)13-3-5-14(6-4-13)21-8-10-23-11-9-21;;1-5(2,3)4/h1-7,12H,8-11H2;1-7,12H,8-11H2,(H,20,22);1H4;. The number of aromatic amines is 1. The van der Waals surface area contributed by atoms with Crippen molar-refractivity contribution in [2.24, 2.45) is 0 Å². The Bertz CT molecular complexity index is 2180. The second-order valence-electron chi connectivity index (χ2n) is 11.5. The van der Waals surface area contributed by atoms with E-state index in [1.165, 1.54) is 11.4 Å². The minimum atomic E-state index is -3.22. The Labute approximate surface area is 321 Å². The molecule has 1 N–H and O–H groups in total. The van der Waals surface area contributed by atoms with E-state index in [0.717, 1.165) is 86.0 Å². The molecule has 8 rings (SSSR count). The number of ether oxygens (including phenoxy) is 2. The van der Waals surface area contributed by atoms with Gasteiger partial charge in [0.25, 0.3) is 5.56 Å². The molecule has 4 aromatic heterocycles. The molecule has 0 amide bonds. The van der Waals surface area contributed by atoms with E-state index in [2.05, 4.69) is 99.9 Å². The summed E-state index contributed by atoms with van der Waals surface area (Å²) in [5.74, 6) is 0. The van der Waals surface area contributed by atoms with Crippen LogP contribution < -0.4 is 15.4 Å². The highest BCUT2D eigenvalue weighted by atomic mass is 36.0. The highest BCUT2D eigenvalue weighted by Crippen LogP contribution is 2.61. The molecule has 6 heterocycles. The molecule has 2 aromatic carbocycles. The average molecular weight is 803 g/mol. The first-order chi connectivity index (χ1) is 24.6. The number of morpholine rings is 2. The maximum atomic E-state index is 12.2. The second-order valence-corrected chi connectivity index (χ2v) is 18.5. The lowest BCUT2D eigenvalue weighted by atomic mass is 10.1. The largest absolute Gasteiger partial charge is 0.378 e. The third kappa shape index (κ3) is 10.7. The molecule has 0 radical (unpaired) electrons. The van der Waals surface area contributed by atoms with Crippen LogP contribution in [0.1, 0.15) is 7.43 Å². The lowest BCUT2D eigenvalue weighted by Gasteiger charge is -2.28. The Morgan fingerprint density at radius 1 is 0.673 bits per heavy atom. The Morgan fingerprint density at radius 2 is 1.13 bits per heavy atom. The van der Waals surface area contributed by atoms with Crippen molar-refractivity contribution in [3.63, 3.8) is 0 Å². The fourth-order valence-corrected chi connectivity index (χ4v) is 6.01. The number of hydrogen-bond donors (Lipinski definition) is 1. The van der Waals surface area contributed by atoms with E-state index in [-0.39, 0.29) is 13.0 Å². The summed E-state index contributed by atoms with van der Waals surface area (Å²) in [7, 11) is 0. The van der Waals surface area contributed by atoms with Crippen molar-refractivity contribution in [1.29, 1.82) is 0 Å². The molecule has 2 fully saturated rings. The van der Waals surface area contributed by atoms with Gasteiger partial charge in [0.05, 0.1) is 54.2 Å². The van der Waals surface area contributed by atoms with Gasteiger partial charge in [0.2, 0.25) is 0 Å². The van der Waals surface area contributed by atoms with Gasteiger partial charge in [0, 0.05) is 60.9 Å². The average Bonchev–Trinajstić information content (AvgIpc) is 3.15. The quantitative estimate of drug-likeness (QED) is 0.138. The number of aromatic nitrogens is 4. The van der Waals surface area contributed by atoms with Crippen LogP contribution in [0.3, 0.4) is 0 Å². The molecular weight excluding hydrogens is 765 g/mol. The summed E-state index contributed by atoms with van der Waals surface area (Å²) in [6.07, 6.45) is 3.47.